The highest BCUT2D eigenvalue weighted by molar-refractivity contribution is 14.1. The number of carboxylic acids is 1. The van der Waals surface area contributed by atoms with E-state index in [1.54, 1.807) is 36.5 Å². The summed E-state index contributed by atoms with van der Waals surface area (Å²) < 4.78 is 0.540. The molecule has 5 heteroatoms. The molecule has 1 unspecified atom stereocenters. The van der Waals surface area contributed by atoms with E-state index in [1.165, 1.54) is 0 Å². The maximum absolute atomic E-state index is 10.5. The smallest absolute Gasteiger partial charge is 0.303 e. The van der Waals surface area contributed by atoms with E-state index in [2.05, 4.69) is 41.7 Å². The molecular formula is C23H33IO4. The largest absolute Gasteiger partial charge is 0.481 e. The standard InChI is InChI=1S/C23H33IO4/c1-2-3-4-5-6-10-15-21(25)16-11-9-14-19-23(28,20-24)18-13-8-7-12-17-22(26)27/h3-4,6-11,13-14,16,18,21,25,28H,2,5,12,15,17,19-20H2,1H3,(H,26,27)/b4-3-,8-7-,10-6-,14-9-,16-11-,18-13+/t21?,23-/m0/s1. The van der Waals surface area contributed by atoms with Crippen molar-refractivity contribution in [3.8, 4) is 0 Å². The number of halogens is 1. The monoisotopic (exact) mass is 500 g/mol. The van der Waals surface area contributed by atoms with Gasteiger partial charge in [-0.15, -0.1) is 0 Å². The van der Waals surface area contributed by atoms with Gasteiger partial charge in [-0.25, -0.2) is 0 Å². The Morgan fingerprint density at radius 3 is 2.43 bits per heavy atom. The topological polar surface area (TPSA) is 77.8 Å². The average molecular weight is 500 g/mol. The Morgan fingerprint density at radius 1 is 1.04 bits per heavy atom. The second kappa shape index (κ2) is 17.6. The van der Waals surface area contributed by atoms with Crippen LogP contribution in [0.2, 0.25) is 0 Å². The maximum Gasteiger partial charge on any atom is 0.303 e. The molecule has 0 aliphatic heterocycles. The van der Waals surface area contributed by atoms with Crippen molar-refractivity contribution in [2.75, 3.05) is 4.43 Å². The summed E-state index contributed by atoms with van der Waals surface area (Å²) in [4.78, 5) is 10.4. The zero-order valence-corrected chi connectivity index (χ0v) is 18.7. The summed E-state index contributed by atoms with van der Waals surface area (Å²) in [5.41, 5.74) is -0.949. The molecule has 0 aliphatic rings. The molecule has 0 aromatic rings. The molecule has 0 rings (SSSR count). The quantitative estimate of drug-likeness (QED) is 0.124. The molecule has 0 bridgehead atoms. The van der Waals surface area contributed by atoms with Gasteiger partial charge in [-0.1, -0.05) is 102 Å². The van der Waals surface area contributed by atoms with Crippen molar-refractivity contribution in [3.05, 3.63) is 72.9 Å². The number of hydrogen-bond acceptors (Lipinski definition) is 3. The molecule has 3 N–H and O–H groups in total. The minimum absolute atomic E-state index is 0.105. The predicted octanol–water partition coefficient (Wildman–Crippen LogP) is 5.30. The summed E-state index contributed by atoms with van der Waals surface area (Å²) in [6.45, 7) is 2.10. The van der Waals surface area contributed by atoms with Crippen LogP contribution in [0.5, 0.6) is 0 Å². The zero-order valence-electron chi connectivity index (χ0n) is 16.6. The summed E-state index contributed by atoms with van der Waals surface area (Å²) >= 11 is 2.13. The molecule has 0 fully saturated rings. The molecule has 0 amide bonds. The number of aliphatic hydroxyl groups excluding tert-OH is 1. The molecule has 0 aromatic carbocycles. The Kier molecular flexibility index (Phi) is 16.7. The highest BCUT2D eigenvalue weighted by atomic mass is 127. The molecule has 0 spiro atoms. The van der Waals surface area contributed by atoms with Crippen LogP contribution in [-0.4, -0.2) is 37.4 Å². The number of aliphatic carboxylic acids is 1. The van der Waals surface area contributed by atoms with Crippen LogP contribution >= 0.6 is 22.6 Å². The number of carboxylic acid groups (broad SMARTS) is 1. The van der Waals surface area contributed by atoms with Crippen molar-refractivity contribution in [2.24, 2.45) is 0 Å². The molecule has 0 heterocycles. The van der Waals surface area contributed by atoms with Gasteiger partial charge in [0.15, 0.2) is 0 Å². The zero-order chi connectivity index (χ0) is 21.1. The van der Waals surface area contributed by atoms with Crippen LogP contribution in [0.25, 0.3) is 0 Å². The highest BCUT2D eigenvalue weighted by Crippen LogP contribution is 2.17. The average Bonchev–Trinajstić information content (AvgIpc) is 2.66. The first kappa shape index (κ1) is 26.6. The van der Waals surface area contributed by atoms with Gasteiger partial charge in [0.25, 0.3) is 0 Å². The number of hydrogen-bond donors (Lipinski definition) is 3. The van der Waals surface area contributed by atoms with E-state index < -0.39 is 17.7 Å². The van der Waals surface area contributed by atoms with E-state index in [1.807, 2.05) is 24.3 Å². The number of carbonyl (C=O) groups is 1. The number of aliphatic hydroxyl groups is 2. The first-order valence-corrected chi connectivity index (χ1v) is 11.1. The third-order valence-electron chi connectivity index (χ3n) is 3.68. The number of rotatable bonds is 15. The van der Waals surface area contributed by atoms with Crippen molar-refractivity contribution in [1.29, 1.82) is 0 Å². The predicted molar refractivity (Wildman–Crippen MR) is 126 cm³/mol. The Morgan fingerprint density at radius 2 is 1.75 bits per heavy atom. The van der Waals surface area contributed by atoms with Gasteiger partial charge in [-0.3, -0.25) is 4.79 Å². The van der Waals surface area contributed by atoms with E-state index in [4.69, 9.17) is 5.11 Å². The van der Waals surface area contributed by atoms with Crippen LogP contribution in [0.15, 0.2) is 72.9 Å². The van der Waals surface area contributed by atoms with Crippen LogP contribution < -0.4 is 0 Å². The van der Waals surface area contributed by atoms with Crippen molar-refractivity contribution in [1.82, 2.24) is 0 Å². The Hall–Kier alpha value is -1.44. The fourth-order valence-electron chi connectivity index (χ4n) is 2.08. The van der Waals surface area contributed by atoms with Gasteiger partial charge in [-0.2, -0.15) is 0 Å². The summed E-state index contributed by atoms with van der Waals surface area (Å²) in [6.07, 6.45) is 25.5. The lowest BCUT2D eigenvalue weighted by molar-refractivity contribution is -0.136. The van der Waals surface area contributed by atoms with Gasteiger partial charge in [0, 0.05) is 10.8 Å². The Balaban J connectivity index is 4.27. The van der Waals surface area contributed by atoms with E-state index in [0.29, 0.717) is 23.7 Å². The second-order valence-electron chi connectivity index (χ2n) is 6.36. The first-order valence-electron chi connectivity index (χ1n) is 9.59. The van der Waals surface area contributed by atoms with Crippen LogP contribution in [-0.2, 0) is 4.79 Å². The second-order valence-corrected chi connectivity index (χ2v) is 7.13. The van der Waals surface area contributed by atoms with Gasteiger partial charge >= 0.3 is 5.97 Å². The van der Waals surface area contributed by atoms with Crippen molar-refractivity contribution in [2.45, 2.75) is 57.2 Å². The van der Waals surface area contributed by atoms with Gasteiger partial charge in [0.05, 0.1) is 11.7 Å². The number of alkyl halides is 1. The van der Waals surface area contributed by atoms with Crippen molar-refractivity contribution < 1.29 is 20.1 Å². The van der Waals surface area contributed by atoms with E-state index >= 15 is 0 Å². The molecular weight excluding hydrogens is 467 g/mol. The lowest BCUT2D eigenvalue weighted by atomic mass is 10.0. The molecule has 0 aliphatic carbocycles. The SMILES string of the molecule is CC/C=C\C/C=C\CC(O)/C=C\C=C/C[C@@](O)(/C=C/C=C\CCC(=O)O)CI. The minimum Gasteiger partial charge on any atom is -0.481 e. The van der Waals surface area contributed by atoms with Crippen molar-refractivity contribution >= 4 is 28.6 Å². The molecule has 2 atom stereocenters. The molecule has 156 valence electrons. The molecule has 0 saturated carbocycles. The lowest BCUT2D eigenvalue weighted by Crippen LogP contribution is -2.26. The lowest BCUT2D eigenvalue weighted by Gasteiger charge is -2.19. The van der Waals surface area contributed by atoms with Gasteiger partial charge < -0.3 is 15.3 Å². The minimum atomic E-state index is -0.949. The van der Waals surface area contributed by atoms with Crippen LogP contribution in [0, 0.1) is 0 Å². The number of allylic oxidation sites excluding steroid dienone is 8. The van der Waals surface area contributed by atoms with E-state index in [9.17, 15) is 15.0 Å². The van der Waals surface area contributed by atoms with Gasteiger partial charge in [0.2, 0.25) is 0 Å². The van der Waals surface area contributed by atoms with Gasteiger partial charge in [0.1, 0.15) is 0 Å². The molecule has 0 radical (unpaired) electrons. The Bertz CT molecular complexity index is 587. The molecule has 0 aromatic heterocycles. The van der Waals surface area contributed by atoms with Crippen LogP contribution in [0.3, 0.4) is 0 Å². The van der Waals surface area contributed by atoms with Crippen LogP contribution in [0.1, 0.15) is 45.4 Å². The van der Waals surface area contributed by atoms with E-state index in [0.717, 1.165) is 12.8 Å². The third-order valence-corrected chi connectivity index (χ3v) is 5.00. The highest BCUT2D eigenvalue weighted by Gasteiger charge is 2.19. The van der Waals surface area contributed by atoms with E-state index in [-0.39, 0.29) is 6.42 Å². The Labute approximate surface area is 182 Å². The molecule has 28 heavy (non-hydrogen) atoms. The summed E-state index contributed by atoms with van der Waals surface area (Å²) in [5.74, 6) is -0.819. The third kappa shape index (κ3) is 16.7. The van der Waals surface area contributed by atoms with Crippen molar-refractivity contribution in [3.63, 3.8) is 0 Å². The van der Waals surface area contributed by atoms with Gasteiger partial charge in [-0.05, 0) is 32.1 Å². The molecule has 0 saturated heterocycles. The summed E-state index contributed by atoms with van der Waals surface area (Å²) in [6, 6.07) is 0. The fraction of sp³-hybridized carbons (Fsp3) is 0.435. The first-order chi connectivity index (χ1) is 13.4. The maximum atomic E-state index is 10.5. The van der Waals surface area contributed by atoms with Crippen LogP contribution in [0.4, 0.5) is 0 Å². The normalized spacial score (nSPS) is 16.4. The molecule has 4 nitrogen and oxygen atoms in total. The summed E-state index contributed by atoms with van der Waals surface area (Å²) in [7, 11) is 0. The summed E-state index contributed by atoms with van der Waals surface area (Å²) in [5, 5.41) is 29.0. The fourth-order valence-corrected chi connectivity index (χ4v) is 2.64.